The molecule has 0 unspecified atom stereocenters. The van der Waals surface area contributed by atoms with Crippen LogP contribution >= 0.6 is 11.6 Å². The third-order valence-corrected chi connectivity index (χ3v) is 5.47. The molecule has 1 aliphatic rings. The van der Waals surface area contributed by atoms with Crippen LogP contribution in [0.3, 0.4) is 0 Å². The Hall–Kier alpha value is -2.42. The van der Waals surface area contributed by atoms with Crippen molar-refractivity contribution in [2.45, 2.75) is 12.8 Å². The Labute approximate surface area is 165 Å². The fourth-order valence-electron chi connectivity index (χ4n) is 3.69. The van der Waals surface area contributed by atoms with Crippen molar-refractivity contribution in [3.05, 3.63) is 83.4 Å². The first-order chi connectivity index (χ1) is 13.2. The second kappa shape index (κ2) is 8.08. The van der Waals surface area contributed by atoms with Gasteiger partial charge in [-0.1, -0.05) is 66.2 Å². The molecule has 3 aromatic rings. The summed E-state index contributed by atoms with van der Waals surface area (Å²) in [6.07, 6.45) is 1.87. The third-order valence-electron chi connectivity index (χ3n) is 5.23. The van der Waals surface area contributed by atoms with Crippen molar-refractivity contribution in [2.75, 3.05) is 13.1 Å². The monoisotopic (exact) mass is 375 g/mol. The highest BCUT2D eigenvalue weighted by atomic mass is 35.5. The number of nitrogens with one attached hydrogen (secondary N) is 1. The second-order valence-electron chi connectivity index (χ2n) is 7.06. The minimum Gasteiger partial charge on any atom is -0.317 e. The van der Waals surface area contributed by atoms with Gasteiger partial charge in [0, 0.05) is 16.5 Å². The number of piperidine rings is 1. The lowest BCUT2D eigenvalue weighted by Gasteiger charge is -2.21. The van der Waals surface area contributed by atoms with E-state index >= 15 is 0 Å². The van der Waals surface area contributed by atoms with E-state index in [0.29, 0.717) is 0 Å². The molecule has 0 radical (unpaired) electrons. The van der Waals surface area contributed by atoms with E-state index in [4.69, 9.17) is 11.6 Å². The fourth-order valence-corrected chi connectivity index (χ4v) is 3.88. The molecule has 2 nitrogen and oxygen atoms in total. The average Bonchev–Trinajstić information content (AvgIpc) is 2.74. The molecule has 1 aliphatic heterocycles. The number of rotatable bonds is 4. The molecule has 0 bridgehead atoms. The molecule has 0 saturated carbocycles. The van der Waals surface area contributed by atoms with Gasteiger partial charge in [-0.05, 0) is 66.4 Å². The molecule has 4 rings (SSSR count). The van der Waals surface area contributed by atoms with E-state index < -0.39 is 0 Å². The first-order valence-corrected chi connectivity index (χ1v) is 9.80. The van der Waals surface area contributed by atoms with E-state index in [2.05, 4.69) is 35.6 Å². The van der Waals surface area contributed by atoms with Crippen molar-refractivity contribution in [2.24, 2.45) is 5.92 Å². The maximum Gasteiger partial charge on any atom is 0.166 e. The Balaban J connectivity index is 1.57. The van der Waals surface area contributed by atoms with Gasteiger partial charge in [0.05, 0.1) is 0 Å². The van der Waals surface area contributed by atoms with Gasteiger partial charge in [-0.15, -0.1) is 0 Å². The number of Topliss-reactive ketones (excluding diaryl/α,β-unsaturated/α-hetero) is 1. The van der Waals surface area contributed by atoms with Crippen LogP contribution < -0.4 is 5.32 Å². The maximum atomic E-state index is 12.7. The number of carbonyl (C=O) groups excluding carboxylic acids is 1. The lowest BCUT2D eigenvalue weighted by Crippen LogP contribution is -2.31. The van der Waals surface area contributed by atoms with Crippen molar-refractivity contribution in [3.63, 3.8) is 0 Å². The molecule has 0 aromatic heterocycles. The zero-order chi connectivity index (χ0) is 18.6. The summed E-state index contributed by atoms with van der Waals surface area (Å²) in [6.45, 7) is 1.87. The summed E-state index contributed by atoms with van der Waals surface area (Å²) in [4.78, 5) is 12.7. The number of halogens is 1. The smallest absolute Gasteiger partial charge is 0.166 e. The van der Waals surface area contributed by atoms with Gasteiger partial charge in [-0.2, -0.15) is 0 Å². The van der Waals surface area contributed by atoms with Crippen molar-refractivity contribution >= 4 is 17.4 Å². The zero-order valence-electron chi connectivity index (χ0n) is 15.1. The Kier molecular flexibility index (Phi) is 5.38. The van der Waals surface area contributed by atoms with Gasteiger partial charge < -0.3 is 5.32 Å². The number of ketones is 1. The second-order valence-corrected chi connectivity index (χ2v) is 7.49. The number of carbonyl (C=O) groups is 1. The minimum absolute atomic E-state index is 0.156. The van der Waals surface area contributed by atoms with E-state index in [1.54, 1.807) is 0 Å². The van der Waals surface area contributed by atoms with E-state index in [0.717, 1.165) is 58.8 Å². The highest BCUT2D eigenvalue weighted by Gasteiger charge is 2.22. The van der Waals surface area contributed by atoms with Crippen LogP contribution in [-0.4, -0.2) is 18.9 Å². The number of benzene rings is 3. The van der Waals surface area contributed by atoms with Crippen molar-refractivity contribution in [1.82, 2.24) is 5.32 Å². The minimum atomic E-state index is 0.156. The quantitative estimate of drug-likeness (QED) is 0.579. The van der Waals surface area contributed by atoms with Gasteiger partial charge in [-0.25, -0.2) is 0 Å². The van der Waals surface area contributed by atoms with E-state index in [1.807, 2.05) is 42.5 Å². The molecule has 136 valence electrons. The third kappa shape index (κ3) is 4.13. The summed E-state index contributed by atoms with van der Waals surface area (Å²) in [5.41, 5.74) is 5.29. The predicted octanol–water partition coefficient (Wildman–Crippen LogP) is 5.86. The van der Waals surface area contributed by atoms with Crippen LogP contribution in [0.2, 0.25) is 5.02 Å². The number of hydrogen-bond acceptors (Lipinski definition) is 2. The Morgan fingerprint density at radius 3 is 2.04 bits per heavy atom. The van der Waals surface area contributed by atoms with Gasteiger partial charge in [-0.3, -0.25) is 4.79 Å². The van der Waals surface area contributed by atoms with Gasteiger partial charge >= 0.3 is 0 Å². The van der Waals surface area contributed by atoms with Crippen LogP contribution in [0.15, 0.2) is 72.8 Å². The predicted molar refractivity (Wildman–Crippen MR) is 112 cm³/mol. The molecular weight excluding hydrogens is 354 g/mol. The molecule has 27 heavy (non-hydrogen) atoms. The lowest BCUT2D eigenvalue weighted by atomic mass is 9.89. The summed E-state index contributed by atoms with van der Waals surface area (Å²) < 4.78 is 0. The van der Waals surface area contributed by atoms with E-state index in [-0.39, 0.29) is 11.7 Å². The van der Waals surface area contributed by atoms with Gasteiger partial charge in [0.25, 0.3) is 0 Å². The highest BCUT2D eigenvalue weighted by molar-refractivity contribution is 6.30. The molecule has 1 N–H and O–H groups in total. The zero-order valence-corrected chi connectivity index (χ0v) is 15.9. The molecule has 3 heteroatoms. The topological polar surface area (TPSA) is 29.1 Å². The number of hydrogen-bond donors (Lipinski definition) is 1. The molecule has 0 amide bonds. The maximum absolute atomic E-state index is 12.7. The largest absolute Gasteiger partial charge is 0.317 e. The normalized spacial score (nSPS) is 14.9. The van der Waals surface area contributed by atoms with Crippen molar-refractivity contribution < 1.29 is 4.79 Å². The Bertz CT molecular complexity index is 943. The summed E-state index contributed by atoms with van der Waals surface area (Å²) >= 11 is 6.13. The van der Waals surface area contributed by atoms with Gasteiger partial charge in [0.15, 0.2) is 5.78 Å². The van der Waals surface area contributed by atoms with Crippen LogP contribution in [-0.2, 0) is 0 Å². The van der Waals surface area contributed by atoms with Crippen molar-refractivity contribution in [3.8, 4) is 22.3 Å². The molecule has 3 aromatic carbocycles. The Morgan fingerprint density at radius 2 is 1.37 bits per heavy atom. The van der Waals surface area contributed by atoms with Gasteiger partial charge in [0.1, 0.15) is 0 Å². The van der Waals surface area contributed by atoms with Crippen LogP contribution in [0.4, 0.5) is 0 Å². The highest BCUT2D eigenvalue weighted by Crippen LogP contribution is 2.28. The summed E-state index contributed by atoms with van der Waals surface area (Å²) in [5, 5.41) is 4.05. The first kappa shape index (κ1) is 18.0. The first-order valence-electron chi connectivity index (χ1n) is 9.42. The average molecular weight is 376 g/mol. The SMILES string of the molecule is O=C(c1ccc(-c2cccc(-c3cccc(Cl)c3)c2)cc1)C1CCNCC1. The van der Waals surface area contributed by atoms with Gasteiger partial charge in [0.2, 0.25) is 0 Å². The summed E-state index contributed by atoms with van der Waals surface area (Å²) in [7, 11) is 0. The van der Waals surface area contributed by atoms with Crippen LogP contribution in [0.1, 0.15) is 23.2 Å². The van der Waals surface area contributed by atoms with Crippen molar-refractivity contribution in [1.29, 1.82) is 0 Å². The summed E-state index contributed by atoms with van der Waals surface area (Å²) in [6, 6.07) is 24.3. The van der Waals surface area contributed by atoms with E-state index in [9.17, 15) is 4.79 Å². The fraction of sp³-hybridized carbons (Fsp3) is 0.208. The molecular formula is C24H22ClNO. The Morgan fingerprint density at radius 1 is 0.778 bits per heavy atom. The molecule has 0 atom stereocenters. The molecule has 1 heterocycles. The lowest BCUT2D eigenvalue weighted by molar-refractivity contribution is 0.0895. The van der Waals surface area contributed by atoms with E-state index in [1.165, 1.54) is 0 Å². The van der Waals surface area contributed by atoms with Crippen LogP contribution in [0.5, 0.6) is 0 Å². The summed E-state index contributed by atoms with van der Waals surface area (Å²) in [5.74, 6) is 0.430. The molecule has 0 spiro atoms. The molecule has 1 saturated heterocycles. The standard InChI is InChI=1S/C24H22ClNO/c25-23-6-2-5-22(16-23)21-4-1-3-20(15-21)17-7-9-18(10-8-17)24(27)19-11-13-26-14-12-19/h1-10,15-16,19,26H,11-14H2. The molecule has 0 aliphatic carbocycles. The molecule has 1 fully saturated rings. The van der Waals surface area contributed by atoms with Crippen LogP contribution in [0, 0.1) is 5.92 Å². The van der Waals surface area contributed by atoms with Crippen LogP contribution in [0.25, 0.3) is 22.3 Å².